The van der Waals surface area contributed by atoms with Gasteiger partial charge < -0.3 is 14.6 Å². The molecule has 2 rings (SSSR count). The Morgan fingerprint density at radius 2 is 1.95 bits per heavy atom. The number of nitrogens with zero attached hydrogens (tertiary/aromatic N) is 1. The minimum absolute atomic E-state index is 0.181. The molecule has 6 nitrogen and oxygen atoms in total. The Bertz CT molecular complexity index is 650. The molecule has 0 fully saturated rings. The van der Waals surface area contributed by atoms with Gasteiger partial charge in [0.15, 0.2) is 0 Å². The molecular weight excluding hydrogens is 372 g/mol. The highest BCUT2D eigenvalue weighted by molar-refractivity contribution is 14.1. The summed E-state index contributed by atoms with van der Waals surface area (Å²) >= 11 is 1.81. The van der Waals surface area contributed by atoms with Gasteiger partial charge >= 0.3 is 11.9 Å². The van der Waals surface area contributed by atoms with Crippen molar-refractivity contribution in [3.05, 3.63) is 39.0 Å². The molecule has 1 aromatic heterocycles. The number of hydrogen-bond acceptors (Lipinski definition) is 4. The van der Waals surface area contributed by atoms with Crippen LogP contribution in [0.3, 0.4) is 0 Å². The lowest BCUT2D eigenvalue weighted by atomic mass is 10.2. The van der Waals surface area contributed by atoms with E-state index in [0.29, 0.717) is 9.13 Å². The number of aromatic carboxylic acids is 2. The molecule has 8 heteroatoms. The maximum Gasteiger partial charge on any atom is 0.374 e. The molecule has 2 N–H and O–H groups in total. The molecule has 0 aliphatic rings. The van der Waals surface area contributed by atoms with E-state index in [4.69, 9.17) is 14.6 Å². The standard InChI is InChI=1S/C11H5FINO5/c12-4-1-2-5(6(13)3-4)9-14-7(10(15)16)8(19-9)11(17)18/h1-3H,(H,15,16)(H,17,18). The van der Waals surface area contributed by atoms with Crippen molar-refractivity contribution in [3.63, 3.8) is 0 Å². The minimum Gasteiger partial charge on any atom is -0.476 e. The van der Waals surface area contributed by atoms with Gasteiger partial charge in [0.1, 0.15) is 5.82 Å². The third-order valence-corrected chi connectivity index (χ3v) is 3.08. The summed E-state index contributed by atoms with van der Waals surface area (Å²) in [7, 11) is 0. The Morgan fingerprint density at radius 1 is 1.26 bits per heavy atom. The van der Waals surface area contributed by atoms with Crippen LogP contribution in [0.2, 0.25) is 0 Å². The third kappa shape index (κ3) is 2.57. The van der Waals surface area contributed by atoms with Gasteiger partial charge in [0.25, 0.3) is 0 Å². The Balaban J connectivity index is 2.60. The zero-order valence-electron chi connectivity index (χ0n) is 9.05. The first-order chi connectivity index (χ1) is 8.90. The fourth-order valence-corrected chi connectivity index (χ4v) is 2.10. The second kappa shape index (κ2) is 4.96. The largest absolute Gasteiger partial charge is 0.476 e. The van der Waals surface area contributed by atoms with Gasteiger partial charge in [-0.25, -0.2) is 19.0 Å². The number of carboxylic acid groups (broad SMARTS) is 2. The van der Waals surface area contributed by atoms with Crippen LogP contribution in [0.25, 0.3) is 11.5 Å². The van der Waals surface area contributed by atoms with Crippen LogP contribution in [0.1, 0.15) is 21.0 Å². The highest BCUT2D eigenvalue weighted by atomic mass is 127. The van der Waals surface area contributed by atoms with Crippen molar-refractivity contribution in [2.45, 2.75) is 0 Å². The first-order valence-electron chi connectivity index (χ1n) is 4.83. The molecule has 0 aliphatic carbocycles. The fraction of sp³-hybridized carbons (Fsp3) is 0. The number of aromatic nitrogens is 1. The fourth-order valence-electron chi connectivity index (χ4n) is 1.39. The second-order valence-electron chi connectivity index (χ2n) is 3.43. The summed E-state index contributed by atoms with van der Waals surface area (Å²) in [6.07, 6.45) is 0. The van der Waals surface area contributed by atoms with E-state index in [0.717, 1.165) is 6.07 Å². The van der Waals surface area contributed by atoms with Gasteiger partial charge in [-0.3, -0.25) is 0 Å². The molecule has 0 atom stereocenters. The molecule has 1 aromatic carbocycles. The molecule has 0 spiro atoms. The molecule has 0 aliphatic heterocycles. The normalized spacial score (nSPS) is 10.4. The van der Waals surface area contributed by atoms with Crippen LogP contribution in [0.15, 0.2) is 22.6 Å². The van der Waals surface area contributed by atoms with Crippen LogP contribution in [-0.4, -0.2) is 27.1 Å². The van der Waals surface area contributed by atoms with Crippen molar-refractivity contribution < 1.29 is 28.6 Å². The molecule has 2 aromatic rings. The van der Waals surface area contributed by atoms with Gasteiger partial charge in [0, 0.05) is 3.57 Å². The van der Waals surface area contributed by atoms with Gasteiger partial charge in [-0.2, -0.15) is 0 Å². The van der Waals surface area contributed by atoms with Crippen LogP contribution in [-0.2, 0) is 0 Å². The van der Waals surface area contributed by atoms with E-state index < -0.39 is 29.2 Å². The average Bonchev–Trinajstić information content (AvgIpc) is 2.73. The lowest BCUT2D eigenvalue weighted by molar-refractivity contribution is 0.0624. The number of hydrogen-bond donors (Lipinski definition) is 2. The SMILES string of the molecule is O=C(O)c1nc(-c2ccc(F)cc2I)oc1C(=O)O. The summed E-state index contributed by atoms with van der Waals surface area (Å²) in [4.78, 5) is 25.3. The summed E-state index contributed by atoms with van der Waals surface area (Å²) in [6, 6.07) is 3.67. The van der Waals surface area contributed by atoms with Crippen molar-refractivity contribution in [2.75, 3.05) is 0 Å². The number of carbonyl (C=O) groups is 2. The van der Waals surface area contributed by atoms with Gasteiger partial charge in [0.05, 0.1) is 5.56 Å². The van der Waals surface area contributed by atoms with Gasteiger partial charge in [-0.05, 0) is 40.8 Å². The average molecular weight is 377 g/mol. The highest BCUT2D eigenvalue weighted by Crippen LogP contribution is 2.27. The maximum absolute atomic E-state index is 13.0. The zero-order chi connectivity index (χ0) is 14.2. The number of benzene rings is 1. The molecular formula is C11H5FINO5. The minimum atomic E-state index is -1.53. The monoisotopic (exact) mass is 377 g/mol. The van der Waals surface area contributed by atoms with Crippen LogP contribution >= 0.6 is 22.6 Å². The zero-order valence-corrected chi connectivity index (χ0v) is 11.2. The predicted molar refractivity (Wildman–Crippen MR) is 68.5 cm³/mol. The first kappa shape index (κ1) is 13.5. The number of carboxylic acids is 2. The smallest absolute Gasteiger partial charge is 0.374 e. The molecule has 0 unspecified atom stereocenters. The summed E-state index contributed by atoms with van der Waals surface area (Å²) in [5.41, 5.74) is -0.375. The number of rotatable bonds is 3. The lowest BCUT2D eigenvalue weighted by Crippen LogP contribution is -2.05. The summed E-state index contributed by atoms with van der Waals surface area (Å²) in [5.74, 6) is -4.46. The quantitative estimate of drug-likeness (QED) is 0.798. The molecule has 0 saturated heterocycles. The van der Waals surface area contributed by atoms with E-state index in [9.17, 15) is 14.0 Å². The Morgan fingerprint density at radius 3 is 2.42 bits per heavy atom. The van der Waals surface area contributed by atoms with Crippen molar-refractivity contribution in [3.8, 4) is 11.5 Å². The Hall–Kier alpha value is -1.97. The number of halogens is 2. The first-order valence-corrected chi connectivity index (χ1v) is 5.91. The highest BCUT2D eigenvalue weighted by Gasteiger charge is 2.26. The van der Waals surface area contributed by atoms with E-state index in [1.54, 1.807) is 0 Å². The van der Waals surface area contributed by atoms with Crippen molar-refractivity contribution in [1.82, 2.24) is 4.98 Å². The summed E-state index contributed by atoms with van der Waals surface area (Å²) in [5, 5.41) is 17.7. The Labute approximate surface area is 119 Å². The van der Waals surface area contributed by atoms with Gasteiger partial charge in [0.2, 0.25) is 17.3 Å². The molecule has 0 saturated carbocycles. The third-order valence-electron chi connectivity index (χ3n) is 2.19. The molecule has 1 heterocycles. The lowest BCUT2D eigenvalue weighted by Gasteiger charge is -1.98. The predicted octanol–water partition coefficient (Wildman–Crippen LogP) is 2.48. The molecule has 0 radical (unpaired) electrons. The molecule has 0 amide bonds. The van der Waals surface area contributed by atoms with Crippen molar-refractivity contribution in [2.24, 2.45) is 0 Å². The van der Waals surface area contributed by atoms with E-state index >= 15 is 0 Å². The summed E-state index contributed by atoms with van der Waals surface area (Å²) in [6.45, 7) is 0. The maximum atomic E-state index is 13.0. The second-order valence-corrected chi connectivity index (χ2v) is 4.59. The molecule has 19 heavy (non-hydrogen) atoms. The van der Waals surface area contributed by atoms with E-state index in [1.165, 1.54) is 12.1 Å². The topological polar surface area (TPSA) is 101 Å². The van der Waals surface area contributed by atoms with E-state index in [1.807, 2.05) is 22.6 Å². The summed E-state index contributed by atoms with van der Waals surface area (Å²) < 4.78 is 18.3. The van der Waals surface area contributed by atoms with E-state index in [2.05, 4.69) is 4.98 Å². The molecule has 98 valence electrons. The van der Waals surface area contributed by atoms with Crippen molar-refractivity contribution >= 4 is 34.5 Å². The van der Waals surface area contributed by atoms with Crippen molar-refractivity contribution in [1.29, 1.82) is 0 Å². The van der Waals surface area contributed by atoms with Gasteiger partial charge in [-0.15, -0.1) is 0 Å². The van der Waals surface area contributed by atoms with Gasteiger partial charge in [-0.1, -0.05) is 0 Å². The van der Waals surface area contributed by atoms with Crippen LogP contribution in [0.4, 0.5) is 4.39 Å². The Kier molecular flexibility index (Phi) is 3.51. The van der Waals surface area contributed by atoms with Crippen LogP contribution in [0, 0.1) is 9.39 Å². The van der Waals surface area contributed by atoms with Crippen LogP contribution < -0.4 is 0 Å². The van der Waals surface area contributed by atoms with E-state index in [-0.39, 0.29) is 5.89 Å². The van der Waals surface area contributed by atoms with Crippen LogP contribution in [0.5, 0.6) is 0 Å². The number of oxazole rings is 1. The molecule has 0 bridgehead atoms.